The van der Waals surface area contributed by atoms with Crippen molar-refractivity contribution in [2.24, 2.45) is 0 Å². The molecule has 0 radical (unpaired) electrons. The van der Waals surface area contributed by atoms with Crippen molar-refractivity contribution in [2.75, 3.05) is 18.5 Å². The summed E-state index contributed by atoms with van der Waals surface area (Å²) in [6, 6.07) is 8.07. The molecular formula is C13H12BrFN2O. The highest BCUT2D eigenvalue weighted by atomic mass is 79.9. The van der Waals surface area contributed by atoms with E-state index in [1.165, 1.54) is 12.1 Å². The maximum absolute atomic E-state index is 12.7. The molecule has 0 aliphatic heterocycles. The van der Waals surface area contributed by atoms with Gasteiger partial charge in [-0.1, -0.05) is 0 Å². The molecule has 1 aromatic heterocycles. The normalized spacial score (nSPS) is 10.1. The van der Waals surface area contributed by atoms with Gasteiger partial charge in [-0.25, -0.2) is 4.39 Å². The van der Waals surface area contributed by atoms with Gasteiger partial charge in [0.15, 0.2) is 0 Å². The Hall–Kier alpha value is -1.62. The molecule has 18 heavy (non-hydrogen) atoms. The fourth-order valence-electron chi connectivity index (χ4n) is 1.40. The highest BCUT2D eigenvalue weighted by Crippen LogP contribution is 2.15. The summed E-state index contributed by atoms with van der Waals surface area (Å²) in [5, 5.41) is 3.13. The highest BCUT2D eigenvalue weighted by molar-refractivity contribution is 9.10. The van der Waals surface area contributed by atoms with Gasteiger partial charge in [-0.3, -0.25) is 4.98 Å². The van der Waals surface area contributed by atoms with Crippen LogP contribution in [0.5, 0.6) is 5.75 Å². The van der Waals surface area contributed by atoms with Crippen molar-refractivity contribution in [3.8, 4) is 5.75 Å². The molecule has 0 saturated carbocycles. The molecule has 3 nitrogen and oxygen atoms in total. The molecule has 1 heterocycles. The van der Waals surface area contributed by atoms with Gasteiger partial charge in [0, 0.05) is 22.9 Å². The van der Waals surface area contributed by atoms with Crippen LogP contribution in [0.1, 0.15) is 0 Å². The number of ether oxygens (including phenoxy) is 1. The van der Waals surface area contributed by atoms with Crippen molar-refractivity contribution < 1.29 is 9.13 Å². The first-order chi connectivity index (χ1) is 8.74. The number of nitrogens with zero attached hydrogens (tertiary/aromatic N) is 1. The number of rotatable bonds is 5. The van der Waals surface area contributed by atoms with E-state index in [2.05, 4.69) is 26.2 Å². The fraction of sp³-hybridized carbons (Fsp3) is 0.154. The predicted molar refractivity (Wildman–Crippen MR) is 72.3 cm³/mol. The number of hydrogen-bond acceptors (Lipinski definition) is 3. The lowest BCUT2D eigenvalue weighted by molar-refractivity contribution is 0.331. The van der Waals surface area contributed by atoms with E-state index in [4.69, 9.17) is 4.74 Å². The maximum atomic E-state index is 12.7. The third kappa shape index (κ3) is 4.00. The molecule has 0 aliphatic rings. The zero-order valence-corrected chi connectivity index (χ0v) is 11.2. The molecular weight excluding hydrogens is 299 g/mol. The van der Waals surface area contributed by atoms with Crippen LogP contribution in [0.3, 0.4) is 0 Å². The minimum Gasteiger partial charge on any atom is -0.490 e. The van der Waals surface area contributed by atoms with Gasteiger partial charge in [0.1, 0.15) is 18.2 Å². The Balaban J connectivity index is 1.74. The Labute approximate surface area is 113 Å². The third-order valence-corrected chi connectivity index (χ3v) is 2.66. The quantitative estimate of drug-likeness (QED) is 0.859. The van der Waals surface area contributed by atoms with Crippen LogP contribution in [0.15, 0.2) is 47.2 Å². The van der Waals surface area contributed by atoms with Crippen LogP contribution in [0.2, 0.25) is 0 Å². The predicted octanol–water partition coefficient (Wildman–Crippen LogP) is 3.47. The van der Waals surface area contributed by atoms with Crippen LogP contribution in [-0.4, -0.2) is 18.1 Å². The van der Waals surface area contributed by atoms with Crippen LogP contribution < -0.4 is 10.1 Å². The first kappa shape index (κ1) is 12.8. The Morgan fingerprint density at radius 2 is 2.00 bits per heavy atom. The van der Waals surface area contributed by atoms with Gasteiger partial charge in [0.05, 0.1) is 6.20 Å². The monoisotopic (exact) mass is 310 g/mol. The molecule has 1 N–H and O–H groups in total. The summed E-state index contributed by atoms with van der Waals surface area (Å²) >= 11 is 3.32. The molecule has 0 atom stereocenters. The Morgan fingerprint density at radius 3 is 2.72 bits per heavy atom. The summed E-state index contributed by atoms with van der Waals surface area (Å²) < 4.78 is 19.1. The van der Waals surface area contributed by atoms with Crippen LogP contribution in [-0.2, 0) is 0 Å². The summed E-state index contributed by atoms with van der Waals surface area (Å²) in [7, 11) is 0. The number of halogens is 2. The van der Waals surface area contributed by atoms with Crippen molar-refractivity contribution in [3.05, 3.63) is 53.0 Å². The number of nitrogens with one attached hydrogen (secondary N) is 1. The summed E-state index contributed by atoms with van der Waals surface area (Å²) in [5.41, 5.74) is 0.868. The van der Waals surface area contributed by atoms with E-state index in [1.807, 2.05) is 6.07 Å². The van der Waals surface area contributed by atoms with E-state index < -0.39 is 0 Å². The largest absolute Gasteiger partial charge is 0.490 e. The number of pyridine rings is 1. The van der Waals surface area contributed by atoms with E-state index in [9.17, 15) is 4.39 Å². The van der Waals surface area contributed by atoms with E-state index >= 15 is 0 Å². The van der Waals surface area contributed by atoms with Crippen LogP contribution in [0.4, 0.5) is 10.1 Å². The Morgan fingerprint density at radius 1 is 1.22 bits per heavy atom. The molecule has 5 heteroatoms. The zero-order valence-electron chi connectivity index (χ0n) is 9.57. The highest BCUT2D eigenvalue weighted by Gasteiger charge is 1.96. The van der Waals surface area contributed by atoms with Gasteiger partial charge in [-0.05, 0) is 46.3 Å². The van der Waals surface area contributed by atoms with E-state index in [0.29, 0.717) is 18.9 Å². The molecule has 0 unspecified atom stereocenters. The molecule has 2 rings (SSSR count). The second-order valence-electron chi connectivity index (χ2n) is 3.62. The first-order valence-electron chi connectivity index (χ1n) is 5.47. The van der Waals surface area contributed by atoms with Crippen molar-refractivity contribution in [2.45, 2.75) is 0 Å². The third-order valence-electron chi connectivity index (χ3n) is 2.22. The zero-order chi connectivity index (χ0) is 12.8. The standard InChI is InChI=1S/C13H12BrFN2O/c14-10-7-13(9-16-8-10)18-6-5-17-12-3-1-11(15)2-4-12/h1-4,7-9,17H,5-6H2. The second-order valence-corrected chi connectivity index (χ2v) is 4.54. The first-order valence-corrected chi connectivity index (χ1v) is 6.26. The molecule has 0 bridgehead atoms. The van der Waals surface area contributed by atoms with Gasteiger partial charge in [0.25, 0.3) is 0 Å². The number of hydrogen-bond donors (Lipinski definition) is 1. The van der Waals surface area contributed by atoms with Crippen molar-refractivity contribution >= 4 is 21.6 Å². The van der Waals surface area contributed by atoms with Crippen molar-refractivity contribution in [3.63, 3.8) is 0 Å². The molecule has 94 valence electrons. The average molecular weight is 311 g/mol. The van der Waals surface area contributed by atoms with Gasteiger partial charge >= 0.3 is 0 Å². The van der Waals surface area contributed by atoms with Gasteiger partial charge in [-0.2, -0.15) is 0 Å². The van der Waals surface area contributed by atoms with Crippen molar-refractivity contribution in [1.82, 2.24) is 4.98 Å². The van der Waals surface area contributed by atoms with E-state index in [0.717, 1.165) is 10.2 Å². The lowest BCUT2D eigenvalue weighted by atomic mass is 10.3. The van der Waals surface area contributed by atoms with E-state index in [1.54, 1.807) is 24.5 Å². The molecule has 0 amide bonds. The van der Waals surface area contributed by atoms with Gasteiger partial charge in [0.2, 0.25) is 0 Å². The van der Waals surface area contributed by atoms with Crippen LogP contribution >= 0.6 is 15.9 Å². The Kier molecular flexibility index (Phi) is 4.52. The summed E-state index contributed by atoms with van der Waals surface area (Å²) in [4.78, 5) is 4.00. The smallest absolute Gasteiger partial charge is 0.138 e. The summed E-state index contributed by atoms with van der Waals surface area (Å²) in [6.45, 7) is 1.15. The molecule has 0 saturated heterocycles. The fourth-order valence-corrected chi connectivity index (χ4v) is 1.75. The minimum absolute atomic E-state index is 0.239. The summed E-state index contributed by atoms with van der Waals surface area (Å²) in [6.07, 6.45) is 3.35. The maximum Gasteiger partial charge on any atom is 0.138 e. The van der Waals surface area contributed by atoms with E-state index in [-0.39, 0.29) is 5.82 Å². The lowest BCUT2D eigenvalue weighted by Crippen LogP contribution is -2.11. The second kappa shape index (κ2) is 6.35. The van der Waals surface area contributed by atoms with Crippen LogP contribution in [0, 0.1) is 5.82 Å². The van der Waals surface area contributed by atoms with Gasteiger partial charge < -0.3 is 10.1 Å². The summed E-state index contributed by atoms with van der Waals surface area (Å²) in [5.74, 6) is 0.474. The Bertz CT molecular complexity index is 505. The topological polar surface area (TPSA) is 34.1 Å². The minimum atomic E-state index is -0.239. The molecule has 0 spiro atoms. The molecule has 0 aliphatic carbocycles. The lowest BCUT2D eigenvalue weighted by Gasteiger charge is -2.08. The van der Waals surface area contributed by atoms with Gasteiger partial charge in [-0.15, -0.1) is 0 Å². The number of aromatic nitrogens is 1. The average Bonchev–Trinajstić information content (AvgIpc) is 2.37. The molecule has 2 aromatic rings. The number of anilines is 1. The number of benzene rings is 1. The molecule has 0 fully saturated rings. The molecule has 1 aromatic carbocycles. The SMILES string of the molecule is Fc1ccc(NCCOc2cncc(Br)c2)cc1. The van der Waals surface area contributed by atoms with Crippen LogP contribution in [0.25, 0.3) is 0 Å². The van der Waals surface area contributed by atoms with Crippen molar-refractivity contribution in [1.29, 1.82) is 0 Å².